The van der Waals surface area contributed by atoms with E-state index in [0.717, 1.165) is 49.0 Å². The number of rotatable bonds is 9. The molecule has 0 saturated carbocycles. The summed E-state index contributed by atoms with van der Waals surface area (Å²) in [5.74, 6) is 0.633. The lowest BCUT2D eigenvalue weighted by atomic mass is 10.1. The molecular formula is C24H32N2O4S. The molecule has 0 aliphatic carbocycles. The zero-order chi connectivity index (χ0) is 22.3. The van der Waals surface area contributed by atoms with Gasteiger partial charge in [0.15, 0.2) is 0 Å². The summed E-state index contributed by atoms with van der Waals surface area (Å²) in [6.07, 6.45) is 4.37. The Morgan fingerprint density at radius 2 is 1.84 bits per heavy atom. The number of hydrogen-bond acceptors (Lipinski definition) is 4. The zero-order valence-electron chi connectivity index (χ0n) is 18.4. The van der Waals surface area contributed by atoms with E-state index < -0.39 is 10.0 Å². The minimum Gasteiger partial charge on any atom is -0.494 e. The van der Waals surface area contributed by atoms with Gasteiger partial charge in [-0.1, -0.05) is 30.7 Å². The van der Waals surface area contributed by atoms with Crippen molar-refractivity contribution in [2.24, 2.45) is 0 Å². The minimum absolute atomic E-state index is 0.191. The highest BCUT2D eigenvalue weighted by atomic mass is 32.2. The Morgan fingerprint density at radius 3 is 2.58 bits per heavy atom. The summed E-state index contributed by atoms with van der Waals surface area (Å²) < 4.78 is 33.1. The van der Waals surface area contributed by atoms with E-state index in [4.69, 9.17) is 4.74 Å². The fourth-order valence-corrected chi connectivity index (χ4v) is 5.39. The topological polar surface area (TPSA) is 75.7 Å². The highest BCUT2D eigenvalue weighted by Gasteiger charge is 2.27. The van der Waals surface area contributed by atoms with Gasteiger partial charge in [0, 0.05) is 25.2 Å². The molecule has 1 amide bonds. The van der Waals surface area contributed by atoms with Gasteiger partial charge in [0.05, 0.1) is 11.5 Å². The van der Waals surface area contributed by atoms with Crippen LogP contribution in [-0.4, -0.2) is 44.9 Å². The van der Waals surface area contributed by atoms with Gasteiger partial charge in [-0.15, -0.1) is 0 Å². The first-order chi connectivity index (χ1) is 14.9. The van der Waals surface area contributed by atoms with Crippen LogP contribution in [-0.2, 0) is 16.4 Å². The fourth-order valence-electron chi connectivity index (χ4n) is 3.84. The molecule has 1 saturated heterocycles. The Morgan fingerprint density at radius 1 is 1.10 bits per heavy atom. The predicted molar refractivity (Wildman–Crippen MR) is 122 cm³/mol. The largest absolute Gasteiger partial charge is 0.494 e. The van der Waals surface area contributed by atoms with Crippen LogP contribution in [0.25, 0.3) is 0 Å². The van der Waals surface area contributed by atoms with Gasteiger partial charge < -0.3 is 10.1 Å². The predicted octanol–water partition coefficient (Wildman–Crippen LogP) is 3.93. The molecule has 0 atom stereocenters. The van der Waals surface area contributed by atoms with E-state index in [-0.39, 0.29) is 10.8 Å². The molecule has 1 fully saturated rings. The maximum atomic E-state index is 13.0. The van der Waals surface area contributed by atoms with Gasteiger partial charge in [-0.05, 0) is 68.9 Å². The Labute approximate surface area is 185 Å². The van der Waals surface area contributed by atoms with Gasteiger partial charge in [0.25, 0.3) is 5.91 Å². The molecule has 2 aromatic rings. The molecule has 0 unspecified atom stereocenters. The number of benzene rings is 2. The Balaban J connectivity index is 1.62. The van der Waals surface area contributed by atoms with Crippen LogP contribution in [0.15, 0.2) is 47.4 Å². The smallest absolute Gasteiger partial charge is 0.251 e. The number of carbonyl (C=O) groups is 1. The number of ether oxygens (including phenoxy) is 1. The van der Waals surface area contributed by atoms with Crippen molar-refractivity contribution in [1.29, 1.82) is 0 Å². The Bertz CT molecular complexity index is 998. The lowest BCUT2D eigenvalue weighted by Gasteiger charge is -2.26. The average Bonchev–Trinajstić information content (AvgIpc) is 2.78. The molecule has 31 heavy (non-hydrogen) atoms. The van der Waals surface area contributed by atoms with Crippen LogP contribution < -0.4 is 10.1 Å². The second-order valence-corrected chi connectivity index (χ2v) is 9.78. The first-order valence-corrected chi connectivity index (χ1v) is 12.5. The van der Waals surface area contributed by atoms with Crippen LogP contribution in [0.2, 0.25) is 0 Å². The molecule has 3 rings (SSSR count). The highest BCUT2D eigenvalue weighted by molar-refractivity contribution is 7.89. The molecule has 1 heterocycles. The van der Waals surface area contributed by atoms with Gasteiger partial charge in [0.1, 0.15) is 5.75 Å². The quantitative estimate of drug-likeness (QED) is 0.595. The number of hydrogen-bond donors (Lipinski definition) is 1. The van der Waals surface area contributed by atoms with Gasteiger partial charge in [-0.2, -0.15) is 4.31 Å². The van der Waals surface area contributed by atoms with Crippen molar-refractivity contribution in [3.63, 3.8) is 0 Å². The number of amides is 1. The Hall–Kier alpha value is -2.38. The molecule has 0 aromatic heterocycles. The number of carbonyl (C=O) groups excluding carboxylic acids is 1. The van der Waals surface area contributed by atoms with Crippen LogP contribution in [0.1, 0.15) is 54.1 Å². The van der Waals surface area contributed by atoms with Crippen LogP contribution in [0.5, 0.6) is 5.75 Å². The van der Waals surface area contributed by atoms with Crippen LogP contribution >= 0.6 is 0 Å². The number of nitrogens with zero attached hydrogens (tertiary/aromatic N) is 1. The summed E-state index contributed by atoms with van der Waals surface area (Å²) in [5, 5.41) is 2.93. The second-order valence-electron chi connectivity index (χ2n) is 7.84. The molecule has 1 aliphatic heterocycles. The van der Waals surface area contributed by atoms with Gasteiger partial charge in [-0.25, -0.2) is 8.42 Å². The summed E-state index contributed by atoms with van der Waals surface area (Å²) in [7, 11) is -3.57. The Kier molecular flexibility index (Phi) is 8.09. The van der Waals surface area contributed by atoms with E-state index in [2.05, 4.69) is 5.32 Å². The average molecular weight is 445 g/mol. The zero-order valence-corrected chi connectivity index (χ0v) is 19.2. The van der Waals surface area contributed by atoms with E-state index in [1.807, 2.05) is 38.1 Å². The van der Waals surface area contributed by atoms with Gasteiger partial charge in [0.2, 0.25) is 10.0 Å². The first-order valence-electron chi connectivity index (χ1n) is 11.0. The summed E-state index contributed by atoms with van der Waals surface area (Å²) in [5.41, 5.74) is 2.29. The molecule has 0 spiro atoms. The summed E-state index contributed by atoms with van der Waals surface area (Å²) in [4.78, 5) is 12.9. The SMILES string of the molecule is CCOc1ccccc1CCCNC(=O)c1cc(S(=O)(=O)N2CCCCC2)ccc1C. The van der Waals surface area contributed by atoms with Crippen molar-refractivity contribution in [3.05, 3.63) is 59.2 Å². The monoisotopic (exact) mass is 444 g/mol. The maximum absolute atomic E-state index is 13.0. The lowest BCUT2D eigenvalue weighted by Crippen LogP contribution is -2.35. The first kappa shape index (κ1) is 23.3. The van der Waals surface area contributed by atoms with Crippen molar-refractivity contribution < 1.29 is 17.9 Å². The summed E-state index contributed by atoms with van der Waals surface area (Å²) in [6, 6.07) is 12.7. The normalized spacial score (nSPS) is 14.9. The van der Waals surface area contributed by atoms with E-state index >= 15 is 0 Å². The molecule has 7 heteroatoms. The number of nitrogens with one attached hydrogen (secondary N) is 1. The molecule has 1 N–H and O–H groups in total. The molecule has 2 aromatic carbocycles. The van der Waals surface area contributed by atoms with Crippen molar-refractivity contribution in [2.75, 3.05) is 26.2 Å². The van der Waals surface area contributed by atoms with Gasteiger partial charge >= 0.3 is 0 Å². The number of sulfonamides is 1. The van der Waals surface area contributed by atoms with Crippen molar-refractivity contribution in [3.8, 4) is 5.75 Å². The molecule has 6 nitrogen and oxygen atoms in total. The number of aryl methyl sites for hydroxylation is 2. The van der Waals surface area contributed by atoms with Crippen LogP contribution in [0, 0.1) is 6.92 Å². The van der Waals surface area contributed by atoms with Crippen LogP contribution in [0.3, 0.4) is 0 Å². The lowest BCUT2D eigenvalue weighted by molar-refractivity contribution is 0.0952. The van der Waals surface area contributed by atoms with Gasteiger partial charge in [-0.3, -0.25) is 4.79 Å². The van der Waals surface area contributed by atoms with E-state index in [1.54, 1.807) is 12.1 Å². The van der Waals surface area contributed by atoms with Crippen molar-refractivity contribution in [1.82, 2.24) is 9.62 Å². The van der Waals surface area contributed by atoms with Crippen molar-refractivity contribution in [2.45, 2.75) is 50.8 Å². The number of para-hydroxylation sites is 1. The number of piperidine rings is 1. The van der Waals surface area contributed by atoms with Crippen molar-refractivity contribution >= 4 is 15.9 Å². The molecule has 0 bridgehead atoms. The minimum atomic E-state index is -3.57. The van der Waals surface area contributed by atoms with E-state index in [1.165, 1.54) is 10.4 Å². The molecular weight excluding hydrogens is 412 g/mol. The summed E-state index contributed by atoms with van der Waals surface area (Å²) in [6.45, 7) is 5.98. The maximum Gasteiger partial charge on any atom is 0.251 e. The van der Waals surface area contributed by atoms with E-state index in [0.29, 0.717) is 31.8 Å². The third-order valence-corrected chi connectivity index (χ3v) is 7.48. The third kappa shape index (κ3) is 5.86. The van der Waals surface area contributed by atoms with E-state index in [9.17, 15) is 13.2 Å². The third-order valence-electron chi connectivity index (χ3n) is 5.59. The fraction of sp³-hybridized carbons (Fsp3) is 0.458. The standard InChI is InChI=1S/C24H32N2O4S/c1-3-30-23-12-6-5-10-20(23)11-9-15-25-24(27)22-18-21(14-13-19(22)2)31(28,29)26-16-7-4-8-17-26/h5-6,10,12-14,18H,3-4,7-9,11,15-17H2,1-2H3,(H,25,27). The summed E-state index contributed by atoms with van der Waals surface area (Å²) >= 11 is 0. The second kappa shape index (κ2) is 10.8. The molecule has 168 valence electrons. The highest BCUT2D eigenvalue weighted by Crippen LogP contribution is 2.23. The van der Waals surface area contributed by atoms with Crippen LogP contribution in [0.4, 0.5) is 0 Å². The molecule has 1 aliphatic rings. The molecule has 0 radical (unpaired) electrons.